The molecular weight excluding hydrogens is 416 g/mol. The Morgan fingerprint density at radius 1 is 1.31 bits per heavy atom. The summed E-state index contributed by atoms with van der Waals surface area (Å²) in [6.45, 7) is 7.93. The number of benzene rings is 2. The highest BCUT2D eigenvalue weighted by Gasteiger charge is 2.12. The van der Waals surface area contributed by atoms with Gasteiger partial charge in [-0.3, -0.25) is 4.79 Å². The summed E-state index contributed by atoms with van der Waals surface area (Å²) >= 11 is 9.63. The summed E-state index contributed by atoms with van der Waals surface area (Å²) in [5.41, 5.74) is 6.42. The molecule has 2 aromatic rings. The van der Waals surface area contributed by atoms with Crippen LogP contribution in [0.15, 0.2) is 39.9 Å². The Labute approximate surface area is 167 Å². The Hall–Kier alpha value is -1.85. The largest absolute Gasteiger partial charge is 0.483 e. The number of hydrogen-bond acceptors (Lipinski definition) is 3. The van der Waals surface area contributed by atoms with Crippen LogP contribution in [0.1, 0.15) is 42.0 Å². The molecule has 0 unspecified atom stereocenters. The number of carbonyl (C=O) groups is 1. The van der Waals surface area contributed by atoms with Gasteiger partial charge in [0.2, 0.25) is 0 Å². The third-order valence-corrected chi connectivity index (χ3v) is 5.50. The molecule has 2 rings (SSSR count). The number of nitrogens with zero attached hydrogens (tertiary/aromatic N) is 1. The highest BCUT2D eigenvalue weighted by atomic mass is 79.9. The fourth-order valence-electron chi connectivity index (χ4n) is 2.33. The molecule has 0 aliphatic carbocycles. The van der Waals surface area contributed by atoms with Crippen LogP contribution < -0.4 is 10.2 Å². The monoisotopic (exact) mass is 436 g/mol. The summed E-state index contributed by atoms with van der Waals surface area (Å²) in [4.78, 5) is 11.9. The zero-order chi connectivity index (χ0) is 19.3. The Bertz CT molecular complexity index is 818. The Balaban J connectivity index is 1.89. The van der Waals surface area contributed by atoms with E-state index in [9.17, 15) is 4.79 Å². The van der Waals surface area contributed by atoms with E-state index in [4.69, 9.17) is 16.3 Å². The third-order valence-electron chi connectivity index (χ3n) is 3.93. The van der Waals surface area contributed by atoms with Crippen LogP contribution in [0.3, 0.4) is 0 Å². The van der Waals surface area contributed by atoms with Crippen molar-refractivity contribution in [2.24, 2.45) is 5.10 Å². The van der Waals surface area contributed by atoms with Crippen molar-refractivity contribution in [1.29, 1.82) is 0 Å². The maximum atomic E-state index is 11.9. The van der Waals surface area contributed by atoms with E-state index in [0.717, 1.165) is 21.2 Å². The molecule has 0 aliphatic rings. The summed E-state index contributed by atoms with van der Waals surface area (Å²) in [6, 6.07) is 9.85. The zero-order valence-corrected chi connectivity index (χ0v) is 17.6. The standard InChI is InChI=1S/C20H22BrClN2O2/c1-12(2)16-7-5-15(6-8-16)10-23-24-18(25)11-26-17-9-13(3)20(22)14(4)19(17)21/h5-10,12H,11H2,1-4H3,(H,24,25)/b23-10+. The van der Waals surface area contributed by atoms with E-state index in [1.54, 1.807) is 12.3 Å². The van der Waals surface area contributed by atoms with Crippen molar-refractivity contribution >= 4 is 39.7 Å². The number of rotatable bonds is 6. The van der Waals surface area contributed by atoms with Crippen molar-refractivity contribution in [2.75, 3.05) is 6.61 Å². The van der Waals surface area contributed by atoms with Gasteiger partial charge in [0, 0.05) is 5.02 Å². The van der Waals surface area contributed by atoms with Crippen LogP contribution in [0.25, 0.3) is 0 Å². The van der Waals surface area contributed by atoms with Crippen LogP contribution in [-0.2, 0) is 4.79 Å². The third kappa shape index (κ3) is 5.32. The molecule has 0 atom stereocenters. The predicted molar refractivity (Wildman–Crippen MR) is 110 cm³/mol. The first-order valence-electron chi connectivity index (χ1n) is 8.29. The van der Waals surface area contributed by atoms with Gasteiger partial charge in [-0.25, -0.2) is 5.43 Å². The number of hydrogen-bond donors (Lipinski definition) is 1. The minimum atomic E-state index is -0.336. The second-order valence-corrected chi connectivity index (χ2v) is 7.52. The van der Waals surface area contributed by atoms with Gasteiger partial charge in [-0.05, 0) is 64.0 Å². The molecule has 0 bridgehead atoms. The molecule has 4 nitrogen and oxygen atoms in total. The minimum Gasteiger partial charge on any atom is -0.483 e. The first kappa shape index (κ1) is 20.5. The number of amides is 1. The average molecular weight is 438 g/mol. The number of hydrazone groups is 1. The van der Waals surface area contributed by atoms with Gasteiger partial charge in [0.15, 0.2) is 6.61 Å². The van der Waals surface area contributed by atoms with Crippen LogP contribution >= 0.6 is 27.5 Å². The molecule has 0 fully saturated rings. The van der Waals surface area contributed by atoms with E-state index in [-0.39, 0.29) is 12.5 Å². The van der Waals surface area contributed by atoms with Gasteiger partial charge in [-0.2, -0.15) is 5.10 Å². The maximum absolute atomic E-state index is 11.9. The van der Waals surface area contributed by atoms with Crippen LogP contribution in [0, 0.1) is 13.8 Å². The highest BCUT2D eigenvalue weighted by Crippen LogP contribution is 2.35. The minimum absolute atomic E-state index is 0.136. The number of ether oxygens (including phenoxy) is 1. The van der Waals surface area contributed by atoms with Crippen molar-refractivity contribution in [2.45, 2.75) is 33.6 Å². The molecule has 0 radical (unpaired) electrons. The van der Waals surface area contributed by atoms with Gasteiger partial charge in [0.1, 0.15) is 5.75 Å². The quantitative estimate of drug-likeness (QED) is 0.488. The lowest BCUT2D eigenvalue weighted by molar-refractivity contribution is -0.123. The summed E-state index contributed by atoms with van der Waals surface area (Å²) in [5.74, 6) is 0.724. The molecule has 26 heavy (non-hydrogen) atoms. The first-order valence-corrected chi connectivity index (χ1v) is 9.46. The maximum Gasteiger partial charge on any atom is 0.277 e. The van der Waals surface area contributed by atoms with Crippen LogP contribution in [0.5, 0.6) is 5.75 Å². The van der Waals surface area contributed by atoms with E-state index >= 15 is 0 Å². The Morgan fingerprint density at radius 3 is 2.58 bits per heavy atom. The second-order valence-electron chi connectivity index (χ2n) is 6.35. The lowest BCUT2D eigenvalue weighted by atomic mass is 10.0. The van der Waals surface area contributed by atoms with E-state index < -0.39 is 0 Å². The van der Waals surface area contributed by atoms with Crippen LogP contribution in [-0.4, -0.2) is 18.7 Å². The van der Waals surface area contributed by atoms with Gasteiger partial charge in [0.05, 0.1) is 10.7 Å². The first-order chi connectivity index (χ1) is 12.3. The molecule has 6 heteroatoms. The smallest absolute Gasteiger partial charge is 0.277 e. The fourth-order valence-corrected chi connectivity index (χ4v) is 3.02. The van der Waals surface area contributed by atoms with Crippen molar-refractivity contribution in [1.82, 2.24) is 5.43 Å². The average Bonchev–Trinajstić information content (AvgIpc) is 2.62. The zero-order valence-electron chi connectivity index (χ0n) is 15.3. The number of nitrogens with one attached hydrogen (secondary N) is 1. The van der Waals surface area contributed by atoms with Crippen molar-refractivity contribution in [3.63, 3.8) is 0 Å². The number of halogens is 2. The van der Waals surface area contributed by atoms with E-state index in [0.29, 0.717) is 16.7 Å². The van der Waals surface area contributed by atoms with Crippen molar-refractivity contribution in [3.8, 4) is 5.75 Å². The van der Waals surface area contributed by atoms with Crippen LogP contribution in [0.4, 0.5) is 0 Å². The van der Waals surface area contributed by atoms with Crippen molar-refractivity contribution < 1.29 is 9.53 Å². The topological polar surface area (TPSA) is 50.7 Å². The fraction of sp³-hybridized carbons (Fsp3) is 0.300. The van der Waals surface area contributed by atoms with E-state index in [2.05, 4.69) is 52.4 Å². The molecule has 1 N–H and O–H groups in total. The van der Waals surface area contributed by atoms with Gasteiger partial charge >= 0.3 is 0 Å². The molecule has 0 heterocycles. The SMILES string of the molecule is Cc1cc(OCC(=O)N/N=C/c2ccc(C(C)C)cc2)c(Br)c(C)c1Cl. The van der Waals surface area contributed by atoms with E-state index in [1.807, 2.05) is 26.0 Å². The highest BCUT2D eigenvalue weighted by molar-refractivity contribution is 9.10. The van der Waals surface area contributed by atoms with Gasteiger partial charge < -0.3 is 4.74 Å². The normalized spacial score (nSPS) is 11.2. The van der Waals surface area contributed by atoms with Crippen molar-refractivity contribution in [3.05, 3.63) is 62.1 Å². The summed E-state index contributed by atoms with van der Waals surface area (Å²) in [6.07, 6.45) is 1.61. The molecule has 1 amide bonds. The lowest BCUT2D eigenvalue weighted by Crippen LogP contribution is -2.24. The second kappa shape index (κ2) is 9.19. The molecular formula is C20H22BrClN2O2. The molecule has 0 saturated carbocycles. The summed E-state index contributed by atoms with van der Waals surface area (Å²) < 4.78 is 6.31. The van der Waals surface area contributed by atoms with Gasteiger partial charge in [-0.15, -0.1) is 0 Å². The lowest BCUT2D eigenvalue weighted by Gasteiger charge is -2.12. The predicted octanol–water partition coefficient (Wildman–Crippen LogP) is 5.37. The summed E-state index contributed by atoms with van der Waals surface area (Å²) in [5, 5.41) is 4.64. The Kier molecular flexibility index (Phi) is 7.23. The molecule has 0 aliphatic heterocycles. The molecule has 2 aromatic carbocycles. The molecule has 0 aromatic heterocycles. The molecule has 138 valence electrons. The Morgan fingerprint density at radius 2 is 1.96 bits per heavy atom. The van der Waals surface area contributed by atoms with Gasteiger partial charge in [0.25, 0.3) is 5.91 Å². The van der Waals surface area contributed by atoms with Gasteiger partial charge in [-0.1, -0.05) is 49.7 Å². The molecule has 0 spiro atoms. The van der Waals surface area contributed by atoms with E-state index in [1.165, 1.54) is 5.56 Å². The molecule has 0 saturated heterocycles. The number of carbonyl (C=O) groups excluding carboxylic acids is 1. The number of aryl methyl sites for hydroxylation is 1. The van der Waals surface area contributed by atoms with Crippen LogP contribution in [0.2, 0.25) is 5.02 Å². The summed E-state index contributed by atoms with van der Waals surface area (Å²) in [7, 11) is 0.